The molecule has 1 heterocycles. The number of hydrazone groups is 1. The molecule has 8 nitrogen and oxygen atoms in total. The molecule has 130 valence electrons. The number of nitro benzene ring substituents is 1. The van der Waals surface area contributed by atoms with Crippen molar-refractivity contribution in [3.8, 4) is 0 Å². The Kier molecular flexibility index (Phi) is 4.32. The number of carboxylic acids is 1. The highest BCUT2D eigenvalue weighted by Gasteiger charge is 2.29. The van der Waals surface area contributed by atoms with E-state index in [1.165, 1.54) is 42.5 Å². The van der Waals surface area contributed by atoms with Crippen LogP contribution in [0.5, 0.6) is 0 Å². The van der Waals surface area contributed by atoms with Gasteiger partial charge in [-0.15, -0.1) is 0 Å². The lowest BCUT2D eigenvalue weighted by atomic mass is 10.1. The fraction of sp³-hybridized carbons (Fsp3) is 0.0556. The van der Waals surface area contributed by atoms with Gasteiger partial charge in [0.05, 0.1) is 27.5 Å². The molecule has 26 heavy (non-hydrogen) atoms. The predicted octanol–water partition coefficient (Wildman–Crippen LogP) is 3.10. The number of benzene rings is 2. The number of hydrogen-bond donors (Lipinski definition) is 1. The number of carboxylic acid groups (broad SMARTS) is 1. The van der Waals surface area contributed by atoms with Gasteiger partial charge in [-0.25, -0.2) is 4.79 Å². The number of hydrogen-bond acceptors (Lipinski definition) is 5. The van der Waals surface area contributed by atoms with Crippen molar-refractivity contribution in [2.75, 3.05) is 5.01 Å². The topological polar surface area (TPSA) is 113 Å². The van der Waals surface area contributed by atoms with E-state index in [4.69, 9.17) is 5.11 Å². The van der Waals surface area contributed by atoms with Gasteiger partial charge in [0.25, 0.3) is 11.6 Å². The van der Waals surface area contributed by atoms with Crippen LogP contribution in [0.3, 0.4) is 0 Å². The van der Waals surface area contributed by atoms with Crippen LogP contribution in [0.15, 0.2) is 59.2 Å². The lowest BCUT2D eigenvalue weighted by molar-refractivity contribution is -0.384. The second-order valence-corrected chi connectivity index (χ2v) is 5.57. The first-order chi connectivity index (χ1) is 12.4. The van der Waals surface area contributed by atoms with Gasteiger partial charge in [-0.2, -0.15) is 10.1 Å². The predicted molar refractivity (Wildman–Crippen MR) is 95.1 cm³/mol. The van der Waals surface area contributed by atoms with E-state index in [1.54, 1.807) is 19.1 Å². The van der Waals surface area contributed by atoms with E-state index in [1.807, 2.05) is 0 Å². The maximum atomic E-state index is 12.7. The average molecular weight is 351 g/mol. The molecule has 2 aromatic carbocycles. The summed E-state index contributed by atoms with van der Waals surface area (Å²) in [5, 5.41) is 25.3. The van der Waals surface area contributed by atoms with Gasteiger partial charge in [-0.1, -0.05) is 18.2 Å². The maximum Gasteiger partial charge on any atom is 0.335 e. The summed E-state index contributed by atoms with van der Waals surface area (Å²) < 4.78 is 0. The van der Waals surface area contributed by atoms with Gasteiger partial charge in [-0.05, 0) is 36.8 Å². The Balaban J connectivity index is 1.96. The Labute approximate surface area is 147 Å². The molecule has 0 aliphatic carbocycles. The van der Waals surface area contributed by atoms with Crippen molar-refractivity contribution < 1.29 is 19.6 Å². The molecule has 3 rings (SSSR count). The summed E-state index contributed by atoms with van der Waals surface area (Å²) >= 11 is 0. The third kappa shape index (κ3) is 3.20. The van der Waals surface area contributed by atoms with Crippen LogP contribution in [-0.2, 0) is 4.79 Å². The molecule has 0 aromatic heterocycles. The zero-order chi connectivity index (χ0) is 18.8. The van der Waals surface area contributed by atoms with Crippen LogP contribution >= 0.6 is 0 Å². The number of amides is 1. The zero-order valence-corrected chi connectivity index (χ0v) is 13.6. The van der Waals surface area contributed by atoms with E-state index in [-0.39, 0.29) is 16.8 Å². The van der Waals surface area contributed by atoms with E-state index < -0.39 is 16.8 Å². The molecule has 0 saturated heterocycles. The maximum absolute atomic E-state index is 12.7. The molecular weight excluding hydrogens is 338 g/mol. The van der Waals surface area contributed by atoms with Gasteiger partial charge >= 0.3 is 5.97 Å². The molecule has 0 radical (unpaired) electrons. The highest BCUT2D eigenvalue weighted by Crippen LogP contribution is 2.26. The van der Waals surface area contributed by atoms with Crippen molar-refractivity contribution in [3.63, 3.8) is 0 Å². The highest BCUT2D eigenvalue weighted by molar-refractivity contribution is 6.32. The number of carbonyl (C=O) groups is 2. The second kappa shape index (κ2) is 6.60. The molecule has 8 heteroatoms. The van der Waals surface area contributed by atoms with Gasteiger partial charge in [0, 0.05) is 12.1 Å². The van der Waals surface area contributed by atoms with Crippen LogP contribution < -0.4 is 5.01 Å². The molecule has 0 spiro atoms. The minimum atomic E-state index is -1.11. The summed E-state index contributed by atoms with van der Waals surface area (Å²) in [6.45, 7) is 1.64. The average Bonchev–Trinajstić information content (AvgIpc) is 2.90. The van der Waals surface area contributed by atoms with Crippen molar-refractivity contribution in [3.05, 3.63) is 75.3 Å². The Morgan fingerprint density at radius 1 is 1.23 bits per heavy atom. The van der Waals surface area contributed by atoms with Crippen LogP contribution in [0.1, 0.15) is 22.8 Å². The SMILES string of the molecule is CC1=NN(c2cccc(C(=O)O)c2)C(=O)/C1=C/c1cccc([N+](=O)[O-])c1. The minimum absolute atomic E-state index is 0.0410. The van der Waals surface area contributed by atoms with Gasteiger partial charge in [0.15, 0.2) is 0 Å². The van der Waals surface area contributed by atoms with Crippen molar-refractivity contribution in [2.24, 2.45) is 5.10 Å². The van der Waals surface area contributed by atoms with Crippen molar-refractivity contribution in [2.45, 2.75) is 6.92 Å². The molecule has 0 saturated carbocycles. The molecule has 0 unspecified atom stereocenters. The van der Waals surface area contributed by atoms with E-state index >= 15 is 0 Å². The van der Waals surface area contributed by atoms with Gasteiger partial charge in [0.2, 0.25) is 0 Å². The van der Waals surface area contributed by atoms with Crippen molar-refractivity contribution in [1.82, 2.24) is 0 Å². The first kappa shape index (κ1) is 17.0. The van der Waals surface area contributed by atoms with E-state index in [0.29, 0.717) is 17.0 Å². The number of aromatic carboxylic acids is 1. The summed E-state index contributed by atoms with van der Waals surface area (Å²) in [5.74, 6) is -1.54. The number of carbonyl (C=O) groups excluding carboxylic acids is 1. The Bertz CT molecular complexity index is 994. The normalized spacial score (nSPS) is 15.3. The van der Waals surface area contributed by atoms with Crippen LogP contribution in [0.2, 0.25) is 0 Å². The summed E-state index contributed by atoms with van der Waals surface area (Å²) in [5.41, 5.74) is 1.51. The molecule has 0 bridgehead atoms. The monoisotopic (exact) mass is 351 g/mol. The molecule has 1 amide bonds. The standard InChI is InChI=1S/C18H13N3O5/c1-11-16(9-12-4-2-7-15(8-12)21(25)26)17(22)20(19-11)14-6-3-5-13(10-14)18(23)24/h2-10H,1H3,(H,23,24)/b16-9+. The Hall–Kier alpha value is -3.81. The van der Waals surface area contributed by atoms with E-state index in [2.05, 4.69) is 5.10 Å². The van der Waals surface area contributed by atoms with Gasteiger partial charge in [0.1, 0.15) is 0 Å². The number of nitrogens with zero attached hydrogens (tertiary/aromatic N) is 3. The summed E-state index contributed by atoms with van der Waals surface area (Å²) in [6.07, 6.45) is 1.52. The fourth-order valence-electron chi connectivity index (χ4n) is 2.52. The third-order valence-corrected chi connectivity index (χ3v) is 3.79. The number of rotatable bonds is 4. The quantitative estimate of drug-likeness (QED) is 0.516. The minimum Gasteiger partial charge on any atom is -0.478 e. The number of anilines is 1. The molecule has 0 fully saturated rings. The molecule has 2 aromatic rings. The highest BCUT2D eigenvalue weighted by atomic mass is 16.6. The Morgan fingerprint density at radius 3 is 2.65 bits per heavy atom. The smallest absolute Gasteiger partial charge is 0.335 e. The van der Waals surface area contributed by atoms with Gasteiger partial charge in [-0.3, -0.25) is 14.9 Å². The van der Waals surface area contributed by atoms with Crippen LogP contribution in [0, 0.1) is 10.1 Å². The fourth-order valence-corrected chi connectivity index (χ4v) is 2.52. The van der Waals surface area contributed by atoms with Crippen LogP contribution in [0.4, 0.5) is 11.4 Å². The van der Waals surface area contributed by atoms with Gasteiger partial charge < -0.3 is 5.11 Å². The van der Waals surface area contributed by atoms with E-state index in [0.717, 1.165) is 5.01 Å². The van der Waals surface area contributed by atoms with Crippen LogP contribution in [-0.4, -0.2) is 27.6 Å². The molecule has 1 aliphatic rings. The van der Waals surface area contributed by atoms with Crippen molar-refractivity contribution >= 4 is 35.0 Å². The molecule has 0 atom stereocenters. The molecule has 1 N–H and O–H groups in total. The lowest BCUT2D eigenvalue weighted by Crippen LogP contribution is -2.21. The first-order valence-corrected chi connectivity index (χ1v) is 7.56. The lowest BCUT2D eigenvalue weighted by Gasteiger charge is -2.12. The third-order valence-electron chi connectivity index (χ3n) is 3.79. The van der Waals surface area contributed by atoms with Crippen molar-refractivity contribution in [1.29, 1.82) is 0 Å². The molecule has 1 aliphatic heterocycles. The largest absolute Gasteiger partial charge is 0.478 e. The summed E-state index contributed by atoms with van der Waals surface area (Å²) in [4.78, 5) is 34.2. The summed E-state index contributed by atoms with van der Waals surface area (Å²) in [6, 6.07) is 11.8. The molecular formula is C18H13N3O5. The summed E-state index contributed by atoms with van der Waals surface area (Å²) in [7, 11) is 0. The first-order valence-electron chi connectivity index (χ1n) is 7.56. The number of non-ortho nitro benzene ring substituents is 1. The number of nitro groups is 1. The van der Waals surface area contributed by atoms with E-state index in [9.17, 15) is 19.7 Å². The Morgan fingerprint density at radius 2 is 1.96 bits per heavy atom. The zero-order valence-electron chi connectivity index (χ0n) is 13.6. The second-order valence-electron chi connectivity index (χ2n) is 5.57. The van der Waals surface area contributed by atoms with Crippen LogP contribution in [0.25, 0.3) is 6.08 Å².